The molecule has 6 rings (SSSR count). The van der Waals surface area contributed by atoms with E-state index < -0.39 is 0 Å². The fraction of sp³-hybridized carbons (Fsp3) is 0.172. The number of hydrogen-bond acceptors (Lipinski definition) is 2. The Balaban J connectivity index is 1.44. The summed E-state index contributed by atoms with van der Waals surface area (Å²) < 4.78 is 0. The zero-order valence-electron chi connectivity index (χ0n) is 17.6. The van der Waals surface area contributed by atoms with Crippen molar-refractivity contribution < 1.29 is 9.59 Å². The fourth-order valence-corrected chi connectivity index (χ4v) is 5.79. The summed E-state index contributed by atoms with van der Waals surface area (Å²) in [7, 11) is 0. The molecule has 2 aliphatic carbocycles. The minimum atomic E-state index is -0.293. The van der Waals surface area contributed by atoms with Crippen LogP contribution in [-0.4, -0.2) is 16.7 Å². The largest absolute Gasteiger partial charge is 0.278 e. The summed E-state index contributed by atoms with van der Waals surface area (Å²) in [5, 5.41) is 0. The average Bonchev–Trinajstić information content (AvgIpc) is 3.47. The van der Waals surface area contributed by atoms with Crippen LogP contribution in [0.1, 0.15) is 16.7 Å². The molecule has 32 heavy (non-hydrogen) atoms. The van der Waals surface area contributed by atoms with E-state index in [2.05, 4.69) is 36.4 Å². The number of fused-ring (bicyclic) bond motifs is 5. The number of carbonyl (C=O) groups excluding carboxylic acids is 2. The third kappa shape index (κ3) is 2.81. The molecule has 3 aromatic rings. The second-order valence-electron chi connectivity index (χ2n) is 8.80. The Labute approximate surface area is 187 Å². The van der Waals surface area contributed by atoms with Crippen LogP contribution in [0.5, 0.6) is 0 Å². The van der Waals surface area contributed by atoms with Gasteiger partial charge in [-0.1, -0.05) is 103 Å². The molecule has 1 heterocycles. The summed E-state index contributed by atoms with van der Waals surface area (Å²) in [6.07, 6.45) is 4.31. The predicted octanol–water partition coefficient (Wildman–Crippen LogP) is 5.11. The maximum atomic E-state index is 13.5. The van der Waals surface area contributed by atoms with Crippen LogP contribution in [0.25, 0.3) is 5.57 Å². The van der Waals surface area contributed by atoms with Gasteiger partial charge in [-0.3, -0.25) is 14.5 Å². The Kier molecular flexibility index (Phi) is 4.43. The molecule has 0 unspecified atom stereocenters. The van der Waals surface area contributed by atoms with Crippen molar-refractivity contribution in [1.82, 2.24) is 4.90 Å². The number of hydrogen-bond donors (Lipinski definition) is 0. The molecule has 3 heteroatoms. The second-order valence-corrected chi connectivity index (χ2v) is 8.80. The lowest BCUT2D eigenvalue weighted by Gasteiger charge is -2.21. The summed E-state index contributed by atoms with van der Waals surface area (Å²) in [6, 6.07) is 30.5. The molecule has 3 nitrogen and oxygen atoms in total. The van der Waals surface area contributed by atoms with Crippen molar-refractivity contribution in [2.75, 3.05) is 0 Å². The van der Waals surface area contributed by atoms with Gasteiger partial charge in [0.15, 0.2) is 0 Å². The van der Waals surface area contributed by atoms with Crippen LogP contribution in [0.3, 0.4) is 0 Å². The van der Waals surface area contributed by atoms with E-state index in [0.717, 1.165) is 22.3 Å². The lowest BCUT2D eigenvalue weighted by Crippen LogP contribution is -2.32. The van der Waals surface area contributed by atoms with Gasteiger partial charge in [0.1, 0.15) is 0 Å². The molecule has 3 aromatic carbocycles. The van der Waals surface area contributed by atoms with E-state index in [0.29, 0.717) is 6.54 Å². The third-order valence-corrected chi connectivity index (χ3v) is 7.10. The first-order valence-electron chi connectivity index (χ1n) is 11.2. The van der Waals surface area contributed by atoms with E-state index in [-0.39, 0.29) is 35.5 Å². The molecule has 1 saturated heterocycles. The van der Waals surface area contributed by atoms with E-state index in [1.165, 1.54) is 10.5 Å². The summed E-state index contributed by atoms with van der Waals surface area (Å²) >= 11 is 0. The van der Waals surface area contributed by atoms with Gasteiger partial charge in [-0.2, -0.15) is 0 Å². The molecular weight excluding hydrogens is 394 g/mol. The Morgan fingerprint density at radius 3 is 1.53 bits per heavy atom. The van der Waals surface area contributed by atoms with Gasteiger partial charge < -0.3 is 0 Å². The van der Waals surface area contributed by atoms with Crippen molar-refractivity contribution in [3.63, 3.8) is 0 Å². The predicted molar refractivity (Wildman–Crippen MR) is 124 cm³/mol. The van der Waals surface area contributed by atoms with E-state index in [4.69, 9.17) is 0 Å². The fourth-order valence-electron chi connectivity index (χ4n) is 5.79. The number of imide groups is 1. The van der Waals surface area contributed by atoms with Crippen molar-refractivity contribution in [2.24, 2.45) is 23.7 Å². The Morgan fingerprint density at radius 2 is 1.06 bits per heavy atom. The molecule has 0 N–H and O–H groups in total. The van der Waals surface area contributed by atoms with Gasteiger partial charge in [-0.05, 0) is 27.8 Å². The molecule has 156 valence electrons. The zero-order valence-corrected chi connectivity index (χ0v) is 17.6. The first-order valence-corrected chi connectivity index (χ1v) is 11.2. The van der Waals surface area contributed by atoms with Crippen molar-refractivity contribution in [3.8, 4) is 0 Å². The van der Waals surface area contributed by atoms with Crippen LogP contribution >= 0.6 is 0 Å². The molecule has 4 atom stereocenters. The number of nitrogens with zero attached hydrogens (tertiary/aromatic N) is 1. The maximum absolute atomic E-state index is 13.5. The monoisotopic (exact) mass is 417 g/mol. The van der Waals surface area contributed by atoms with Crippen molar-refractivity contribution in [3.05, 3.63) is 125 Å². The van der Waals surface area contributed by atoms with E-state index >= 15 is 0 Å². The first-order chi connectivity index (χ1) is 15.7. The van der Waals surface area contributed by atoms with Gasteiger partial charge in [-0.15, -0.1) is 0 Å². The van der Waals surface area contributed by atoms with Gasteiger partial charge in [-0.25, -0.2) is 0 Å². The molecule has 1 aliphatic heterocycles. The van der Waals surface area contributed by atoms with Gasteiger partial charge in [0, 0.05) is 11.8 Å². The molecule has 3 aliphatic rings. The van der Waals surface area contributed by atoms with Crippen LogP contribution in [0.4, 0.5) is 0 Å². The van der Waals surface area contributed by atoms with Crippen molar-refractivity contribution >= 4 is 17.4 Å². The van der Waals surface area contributed by atoms with Gasteiger partial charge in [0.05, 0.1) is 18.4 Å². The molecule has 2 bridgehead atoms. The Hall–Kier alpha value is -3.72. The SMILES string of the molecule is O=C1[C@H]2[C@H](C(=O)N1Cc1ccccc1)[C@H]1C=C[C@H]2C1=C(c1ccccc1)c1ccccc1. The number of allylic oxidation sites excluding steroid dienone is 3. The Bertz CT molecular complexity index is 1170. The van der Waals surface area contributed by atoms with Crippen LogP contribution in [0.15, 0.2) is 109 Å². The summed E-state index contributed by atoms with van der Waals surface area (Å²) in [6.45, 7) is 0.355. The van der Waals surface area contributed by atoms with Crippen LogP contribution in [0.2, 0.25) is 0 Å². The lowest BCUT2D eigenvalue weighted by atomic mass is 9.85. The number of carbonyl (C=O) groups is 2. The van der Waals surface area contributed by atoms with Gasteiger partial charge in [0.25, 0.3) is 0 Å². The highest BCUT2D eigenvalue weighted by Crippen LogP contribution is 2.58. The average molecular weight is 418 g/mol. The maximum Gasteiger partial charge on any atom is 0.234 e. The zero-order chi connectivity index (χ0) is 21.7. The van der Waals surface area contributed by atoms with E-state index in [9.17, 15) is 9.59 Å². The normalized spacial score (nSPS) is 25.5. The first kappa shape index (κ1) is 19.0. The number of amides is 2. The third-order valence-electron chi connectivity index (χ3n) is 7.10. The lowest BCUT2D eigenvalue weighted by molar-refractivity contribution is -0.141. The number of benzene rings is 3. The topological polar surface area (TPSA) is 37.4 Å². The number of rotatable bonds is 4. The van der Waals surface area contributed by atoms with Gasteiger partial charge >= 0.3 is 0 Å². The molecular formula is C29H23NO2. The highest BCUT2D eigenvalue weighted by Gasteiger charge is 2.62. The van der Waals surface area contributed by atoms with E-state index in [1.54, 1.807) is 0 Å². The van der Waals surface area contributed by atoms with Crippen molar-refractivity contribution in [2.45, 2.75) is 6.54 Å². The highest BCUT2D eigenvalue weighted by molar-refractivity contribution is 6.08. The van der Waals surface area contributed by atoms with Gasteiger partial charge in [0.2, 0.25) is 11.8 Å². The summed E-state index contributed by atoms with van der Waals surface area (Å²) in [5.41, 5.74) is 5.63. The minimum Gasteiger partial charge on any atom is -0.278 e. The molecule has 0 spiro atoms. The second kappa shape index (κ2) is 7.45. The van der Waals surface area contributed by atoms with Crippen LogP contribution in [0, 0.1) is 23.7 Å². The molecule has 0 aromatic heterocycles. The Morgan fingerprint density at radius 1 is 0.625 bits per heavy atom. The highest BCUT2D eigenvalue weighted by atomic mass is 16.2. The molecule has 2 amide bonds. The molecule has 0 radical (unpaired) electrons. The van der Waals surface area contributed by atoms with E-state index in [1.807, 2.05) is 66.7 Å². The minimum absolute atomic E-state index is 0.0290. The van der Waals surface area contributed by atoms with Crippen LogP contribution < -0.4 is 0 Å². The number of likely N-dealkylation sites (tertiary alicyclic amines) is 1. The van der Waals surface area contributed by atoms with Crippen molar-refractivity contribution in [1.29, 1.82) is 0 Å². The standard InChI is InChI=1S/C29H23NO2/c31-28-26-22-16-17-23(27(26)29(32)30(28)18-19-10-4-1-5-11-19)25(22)24(20-12-6-2-7-13-20)21-14-8-3-9-15-21/h1-17,22-23,26-27H,18H2/t22-,23-,26+,27+/m0/s1. The molecule has 1 saturated carbocycles. The quantitative estimate of drug-likeness (QED) is 0.437. The summed E-state index contributed by atoms with van der Waals surface area (Å²) in [5.74, 6) is -0.704. The smallest absolute Gasteiger partial charge is 0.234 e. The van der Waals surface area contributed by atoms with Crippen LogP contribution in [-0.2, 0) is 16.1 Å². The molecule has 2 fully saturated rings. The summed E-state index contributed by atoms with van der Waals surface area (Å²) in [4.78, 5) is 28.4.